The van der Waals surface area contributed by atoms with Crippen LogP contribution in [0.25, 0.3) is 0 Å². The van der Waals surface area contributed by atoms with E-state index >= 15 is 0 Å². The lowest BCUT2D eigenvalue weighted by Crippen LogP contribution is -2.41. The molecule has 134 valence electrons. The third-order valence-corrected chi connectivity index (χ3v) is 6.62. The summed E-state index contributed by atoms with van der Waals surface area (Å²) in [4.78, 5) is 7.01. The van der Waals surface area contributed by atoms with Gasteiger partial charge in [0.1, 0.15) is 5.01 Å². The van der Waals surface area contributed by atoms with Crippen LogP contribution in [0.3, 0.4) is 0 Å². The predicted molar refractivity (Wildman–Crippen MR) is 102 cm³/mol. The Morgan fingerprint density at radius 3 is 2.92 bits per heavy atom. The highest BCUT2D eigenvalue weighted by atomic mass is 32.1. The van der Waals surface area contributed by atoms with E-state index in [1.54, 1.807) is 24.0 Å². The van der Waals surface area contributed by atoms with Gasteiger partial charge in [-0.2, -0.15) is 0 Å². The topological polar surface area (TPSA) is 37.4 Å². The Kier molecular flexibility index (Phi) is 5.17. The summed E-state index contributed by atoms with van der Waals surface area (Å²) < 4.78 is 5.22. The lowest BCUT2D eigenvalue weighted by atomic mass is 9.73. The van der Waals surface area contributed by atoms with E-state index in [2.05, 4.69) is 44.8 Å². The van der Waals surface area contributed by atoms with Crippen LogP contribution >= 0.6 is 11.3 Å². The second-order valence-electron chi connectivity index (χ2n) is 7.27. The standard InChI is InChI=1S/C20H27N3OS/c1-24-12-8-21-18-14-20(17-5-3-2-4-16(17)18)6-10-23(11-7-20)15-19-22-9-13-25-19/h2-5,9,13,18,21H,6-8,10-12,14-15H2,1H3/t18-/m1/s1. The van der Waals surface area contributed by atoms with Crippen molar-refractivity contribution in [1.29, 1.82) is 0 Å². The van der Waals surface area contributed by atoms with Crippen LogP contribution in [0.1, 0.15) is 41.4 Å². The van der Waals surface area contributed by atoms with Crippen LogP contribution in [0.5, 0.6) is 0 Å². The van der Waals surface area contributed by atoms with Crippen molar-refractivity contribution in [2.75, 3.05) is 33.4 Å². The van der Waals surface area contributed by atoms with E-state index in [1.807, 2.05) is 6.20 Å². The Hall–Kier alpha value is -1.27. The molecule has 0 radical (unpaired) electrons. The number of hydrogen-bond donors (Lipinski definition) is 1. The Morgan fingerprint density at radius 2 is 2.16 bits per heavy atom. The average Bonchev–Trinajstić information content (AvgIpc) is 3.25. The Bertz CT molecular complexity index is 680. The van der Waals surface area contributed by atoms with E-state index in [1.165, 1.54) is 42.9 Å². The first-order valence-electron chi connectivity index (χ1n) is 9.23. The van der Waals surface area contributed by atoms with Crippen molar-refractivity contribution in [3.63, 3.8) is 0 Å². The number of fused-ring (bicyclic) bond motifs is 2. The molecule has 0 saturated carbocycles. The molecule has 1 aliphatic carbocycles. The molecule has 2 aliphatic rings. The number of nitrogens with one attached hydrogen (secondary N) is 1. The molecule has 0 amide bonds. The molecule has 0 bridgehead atoms. The second kappa shape index (κ2) is 7.54. The minimum absolute atomic E-state index is 0.348. The van der Waals surface area contributed by atoms with Crippen molar-refractivity contribution >= 4 is 11.3 Å². The van der Waals surface area contributed by atoms with Gasteiger partial charge in [-0.15, -0.1) is 11.3 Å². The summed E-state index contributed by atoms with van der Waals surface area (Å²) in [5.74, 6) is 0. The molecule has 1 aliphatic heterocycles. The van der Waals surface area contributed by atoms with E-state index < -0.39 is 0 Å². The molecule has 25 heavy (non-hydrogen) atoms. The van der Waals surface area contributed by atoms with Gasteiger partial charge in [-0.3, -0.25) is 4.90 Å². The highest BCUT2D eigenvalue weighted by molar-refractivity contribution is 7.09. The smallest absolute Gasteiger partial charge is 0.107 e. The van der Waals surface area contributed by atoms with Crippen LogP contribution in [-0.2, 0) is 16.7 Å². The minimum atomic E-state index is 0.348. The van der Waals surface area contributed by atoms with Crippen LogP contribution in [0.15, 0.2) is 35.8 Å². The highest BCUT2D eigenvalue weighted by Crippen LogP contribution is 2.50. The molecule has 1 N–H and O–H groups in total. The van der Waals surface area contributed by atoms with Crippen LogP contribution in [0.4, 0.5) is 0 Å². The first-order chi connectivity index (χ1) is 12.3. The lowest BCUT2D eigenvalue weighted by molar-refractivity contribution is 0.144. The van der Waals surface area contributed by atoms with Gasteiger partial charge in [0.05, 0.1) is 13.2 Å². The van der Waals surface area contributed by atoms with E-state index in [0.29, 0.717) is 11.5 Å². The van der Waals surface area contributed by atoms with E-state index in [0.717, 1.165) is 19.7 Å². The van der Waals surface area contributed by atoms with Crippen molar-refractivity contribution in [3.8, 4) is 0 Å². The number of nitrogens with zero attached hydrogens (tertiary/aromatic N) is 2. The molecule has 4 nitrogen and oxygen atoms in total. The van der Waals surface area contributed by atoms with Gasteiger partial charge >= 0.3 is 0 Å². The van der Waals surface area contributed by atoms with E-state index in [9.17, 15) is 0 Å². The number of aromatic nitrogens is 1. The molecule has 1 aromatic heterocycles. The van der Waals surface area contributed by atoms with Gasteiger partial charge in [-0.05, 0) is 48.9 Å². The predicted octanol–water partition coefficient (Wildman–Crippen LogP) is 3.36. The van der Waals surface area contributed by atoms with Crippen molar-refractivity contribution in [3.05, 3.63) is 52.0 Å². The van der Waals surface area contributed by atoms with E-state index in [4.69, 9.17) is 4.74 Å². The maximum Gasteiger partial charge on any atom is 0.107 e. The number of likely N-dealkylation sites (tertiary alicyclic amines) is 1. The zero-order valence-electron chi connectivity index (χ0n) is 14.9. The van der Waals surface area contributed by atoms with Crippen LogP contribution in [0.2, 0.25) is 0 Å². The molecule has 1 fully saturated rings. The van der Waals surface area contributed by atoms with Crippen molar-refractivity contribution in [2.24, 2.45) is 0 Å². The molecule has 1 aromatic carbocycles. The molecule has 1 atom stereocenters. The second-order valence-corrected chi connectivity index (χ2v) is 8.25. The number of hydrogen-bond acceptors (Lipinski definition) is 5. The molecular weight excluding hydrogens is 330 g/mol. The molecule has 4 rings (SSSR count). The highest BCUT2D eigenvalue weighted by Gasteiger charge is 2.45. The summed E-state index contributed by atoms with van der Waals surface area (Å²) >= 11 is 1.77. The summed E-state index contributed by atoms with van der Waals surface area (Å²) in [5.41, 5.74) is 3.44. The number of thiazole rings is 1. The molecule has 0 unspecified atom stereocenters. The molecule has 1 saturated heterocycles. The molecule has 1 spiro atoms. The van der Waals surface area contributed by atoms with Gasteiger partial charge in [-0.1, -0.05) is 24.3 Å². The summed E-state index contributed by atoms with van der Waals surface area (Å²) in [6.45, 7) is 5.03. The molecule has 5 heteroatoms. The number of benzene rings is 1. The molecule has 2 heterocycles. The monoisotopic (exact) mass is 357 g/mol. The number of rotatable bonds is 6. The Balaban J connectivity index is 1.45. The summed E-state index contributed by atoms with van der Waals surface area (Å²) in [7, 11) is 1.77. The van der Waals surface area contributed by atoms with Gasteiger partial charge in [0.25, 0.3) is 0 Å². The van der Waals surface area contributed by atoms with Crippen molar-refractivity contribution in [2.45, 2.75) is 37.3 Å². The van der Waals surface area contributed by atoms with Crippen LogP contribution in [-0.4, -0.2) is 43.2 Å². The number of ether oxygens (including phenoxy) is 1. The first-order valence-corrected chi connectivity index (χ1v) is 10.1. The Morgan fingerprint density at radius 1 is 1.32 bits per heavy atom. The van der Waals surface area contributed by atoms with Crippen LogP contribution in [0, 0.1) is 0 Å². The normalized spacial score (nSPS) is 22.4. The number of piperidine rings is 1. The largest absolute Gasteiger partial charge is 0.383 e. The Labute approximate surface area is 154 Å². The lowest BCUT2D eigenvalue weighted by Gasteiger charge is -2.40. The quantitative estimate of drug-likeness (QED) is 0.805. The van der Waals surface area contributed by atoms with Crippen molar-refractivity contribution < 1.29 is 4.74 Å². The van der Waals surface area contributed by atoms with Crippen LogP contribution < -0.4 is 5.32 Å². The molecule has 2 aromatic rings. The van der Waals surface area contributed by atoms with Gasteiger partial charge in [0, 0.05) is 31.3 Å². The van der Waals surface area contributed by atoms with Crippen molar-refractivity contribution in [1.82, 2.24) is 15.2 Å². The third kappa shape index (κ3) is 3.51. The van der Waals surface area contributed by atoms with Gasteiger partial charge in [0.15, 0.2) is 0 Å². The molecular formula is C20H27N3OS. The fourth-order valence-corrected chi connectivity index (χ4v) is 5.20. The SMILES string of the molecule is COCCN[C@@H]1CC2(CCN(Cc3nccs3)CC2)c2ccccc21. The average molecular weight is 358 g/mol. The fourth-order valence-electron chi connectivity index (χ4n) is 4.55. The fraction of sp³-hybridized carbons (Fsp3) is 0.550. The third-order valence-electron chi connectivity index (χ3n) is 5.85. The first kappa shape index (κ1) is 17.2. The van der Waals surface area contributed by atoms with Gasteiger partial charge in [0.2, 0.25) is 0 Å². The maximum atomic E-state index is 5.22. The van der Waals surface area contributed by atoms with Gasteiger partial charge < -0.3 is 10.1 Å². The number of methoxy groups -OCH3 is 1. The zero-order chi connectivity index (χ0) is 17.1. The summed E-state index contributed by atoms with van der Waals surface area (Å²) in [6.07, 6.45) is 5.63. The minimum Gasteiger partial charge on any atom is -0.383 e. The van der Waals surface area contributed by atoms with Gasteiger partial charge in [-0.25, -0.2) is 4.98 Å². The van der Waals surface area contributed by atoms with E-state index in [-0.39, 0.29) is 0 Å². The zero-order valence-corrected chi connectivity index (χ0v) is 15.7. The maximum absolute atomic E-state index is 5.22. The summed E-state index contributed by atoms with van der Waals surface area (Å²) in [6, 6.07) is 9.54. The summed E-state index contributed by atoms with van der Waals surface area (Å²) in [5, 5.41) is 7.02.